The highest BCUT2D eigenvalue weighted by molar-refractivity contribution is 7.92. The second kappa shape index (κ2) is 10.4. The summed E-state index contributed by atoms with van der Waals surface area (Å²) >= 11 is 0. The van der Waals surface area contributed by atoms with Crippen molar-refractivity contribution in [3.63, 3.8) is 0 Å². The van der Waals surface area contributed by atoms with Crippen LogP contribution in [0, 0.1) is 6.92 Å². The number of carbonyl (C=O) groups is 1. The first-order chi connectivity index (χ1) is 16.9. The molecule has 0 aliphatic heterocycles. The van der Waals surface area contributed by atoms with E-state index in [1.165, 1.54) is 19.5 Å². The molecule has 0 atom stereocenters. The molecule has 0 saturated heterocycles. The first-order valence-corrected chi connectivity index (χ1v) is 12.3. The number of aromatic nitrogens is 3. The largest absolute Gasteiger partial charge is 0.495 e. The molecule has 0 unspecified atom stereocenters. The van der Waals surface area contributed by atoms with Crippen LogP contribution in [0.1, 0.15) is 27.0 Å². The number of rotatable bonds is 9. The quantitative estimate of drug-likeness (QED) is 0.371. The molecule has 1 heterocycles. The lowest BCUT2D eigenvalue weighted by molar-refractivity contribution is 0.0950. The molecule has 4 rings (SSSR count). The van der Waals surface area contributed by atoms with Crippen molar-refractivity contribution in [2.75, 3.05) is 11.8 Å². The number of methoxy groups -OCH3 is 1. The van der Waals surface area contributed by atoms with E-state index in [1.807, 2.05) is 24.3 Å². The van der Waals surface area contributed by atoms with Gasteiger partial charge in [0.05, 0.1) is 24.2 Å². The fraction of sp³-hybridized carbons (Fsp3) is 0.160. The fourth-order valence-electron chi connectivity index (χ4n) is 3.61. The zero-order valence-corrected chi connectivity index (χ0v) is 20.1. The molecule has 1 aromatic heterocycles. The molecule has 0 saturated carbocycles. The lowest BCUT2D eigenvalue weighted by Gasteiger charge is -2.14. The normalized spacial score (nSPS) is 11.1. The summed E-state index contributed by atoms with van der Waals surface area (Å²) in [6.07, 6.45) is 3.10. The van der Waals surface area contributed by atoms with Gasteiger partial charge in [-0.15, -0.1) is 0 Å². The van der Waals surface area contributed by atoms with Crippen LogP contribution < -0.4 is 14.8 Å². The Hall–Kier alpha value is -4.18. The minimum Gasteiger partial charge on any atom is -0.495 e. The molecule has 2 N–H and O–H groups in total. The third-order valence-corrected chi connectivity index (χ3v) is 6.96. The third kappa shape index (κ3) is 5.67. The molecule has 10 heteroatoms. The molecule has 1 amide bonds. The first-order valence-electron chi connectivity index (χ1n) is 10.8. The summed E-state index contributed by atoms with van der Waals surface area (Å²) < 4.78 is 35.7. The van der Waals surface area contributed by atoms with Gasteiger partial charge in [0, 0.05) is 12.1 Å². The number of benzene rings is 3. The zero-order valence-electron chi connectivity index (χ0n) is 19.3. The van der Waals surface area contributed by atoms with E-state index in [9.17, 15) is 13.2 Å². The van der Waals surface area contributed by atoms with E-state index < -0.39 is 10.0 Å². The maximum Gasteiger partial charge on any atom is 0.262 e. The summed E-state index contributed by atoms with van der Waals surface area (Å²) in [7, 11) is -2.50. The number of nitrogens with zero attached hydrogens (tertiary/aromatic N) is 3. The van der Waals surface area contributed by atoms with Crippen LogP contribution in [-0.4, -0.2) is 36.2 Å². The van der Waals surface area contributed by atoms with Crippen LogP contribution in [0.25, 0.3) is 0 Å². The van der Waals surface area contributed by atoms with Gasteiger partial charge in [0.15, 0.2) is 0 Å². The molecule has 0 radical (unpaired) electrons. The van der Waals surface area contributed by atoms with E-state index in [2.05, 4.69) is 20.1 Å². The van der Waals surface area contributed by atoms with Gasteiger partial charge in [0.2, 0.25) is 0 Å². The molecule has 0 fully saturated rings. The number of hydrogen-bond donors (Lipinski definition) is 2. The Morgan fingerprint density at radius 2 is 1.77 bits per heavy atom. The molecular formula is C25H25N5O4S. The van der Waals surface area contributed by atoms with Crippen molar-refractivity contribution in [3.8, 4) is 5.75 Å². The van der Waals surface area contributed by atoms with Crippen LogP contribution in [0.4, 0.5) is 5.69 Å². The average Bonchev–Trinajstić information content (AvgIpc) is 3.37. The molecule has 0 aliphatic rings. The van der Waals surface area contributed by atoms with E-state index in [0.717, 1.165) is 11.1 Å². The first kappa shape index (κ1) is 24.0. The number of nitrogens with one attached hydrogen (secondary N) is 2. The number of ether oxygens (including phenoxy) is 1. The number of hydrogen-bond acceptors (Lipinski definition) is 6. The summed E-state index contributed by atoms with van der Waals surface area (Å²) in [5.74, 6) is 0.0153. The van der Waals surface area contributed by atoms with Crippen LogP contribution in [0.3, 0.4) is 0 Å². The zero-order chi connectivity index (χ0) is 24.8. The average molecular weight is 492 g/mol. The van der Waals surface area contributed by atoms with Crippen LogP contribution >= 0.6 is 0 Å². The van der Waals surface area contributed by atoms with E-state index in [4.69, 9.17) is 4.74 Å². The Kier molecular flexibility index (Phi) is 7.11. The van der Waals surface area contributed by atoms with Crippen molar-refractivity contribution >= 4 is 21.6 Å². The summed E-state index contributed by atoms with van der Waals surface area (Å²) in [6.45, 7) is 2.48. The molecule has 180 valence electrons. The second-order valence-corrected chi connectivity index (χ2v) is 9.48. The van der Waals surface area contributed by atoms with Crippen molar-refractivity contribution < 1.29 is 17.9 Å². The van der Waals surface area contributed by atoms with Gasteiger partial charge < -0.3 is 10.1 Å². The standard InChI is InChI=1S/C25H25N5O4S/c1-18-11-12-19(13-24(18)35(32,33)29-22-9-5-6-10-23(22)34-2)25(31)27-14-20-7-3-4-8-21(20)15-30-17-26-16-28-30/h3-13,16-17,29H,14-15H2,1-2H3,(H,27,31). The Morgan fingerprint density at radius 1 is 1.03 bits per heavy atom. The monoisotopic (exact) mass is 491 g/mol. The molecule has 9 nitrogen and oxygen atoms in total. The summed E-state index contributed by atoms with van der Waals surface area (Å²) in [5, 5.41) is 7.01. The summed E-state index contributed by atoms with van der Waals surface area (Å²) in [5.41, 5.74) is 2.99. The fourth-order valence-corrected chi connectivity index (χ4v) is 4.95. The summed E-state index contributed by atoms with van der Waals surface area (Å²) in [6, 6.07) is 19.0. The van der Waals surface area contributed by atoms with Crippen LogP contribution in [0.15, 0.2) is 84.3 Å². The van der Waals surface area contributed by atoms with Crippen molar-refractivity contribution in [1.29, 1.82) is 0 Å². The topological polar surface area (TPSA) is 115 Å². The Balaban J connectivity index is 1.51. The lowest BCUT2D eigenvalue weighted by Crippen LogP contribution is -2.24. The Labute approximate surface area is 203 Å². The smallest absolute Gasteiger partial charge is 0.262 e. The van der Waals surface area contributed by atoms with Crippen LogP contribution in [0.2, 0.25) is 0 Å². The van der Waals surface area contributed by atoms with Gasteiger partial charge in [0.1, 0.15) is 18.4 Å². The second-order valence-electron chi connectivity index (χ2n) is 7.83. The van der Waals surface area contributed by atoms with E-state index in [-0.39, 0.29) is 22.9 Å². The van der Waals surface area contributed by atoms with Gasteiger partial charge in [-0.1, -0.05) is 42.5 Å². The van der Waals surface area contributed by atoms with Crippen molar-refractivity contribution in [3.05, 3.63) is 102 Å². The number of aryl methyl sites for hydroxylation is 1. The molecule has 3 aromatic carbocycles. The van der Waals surface area contributed by atoms with Crippen LogP contribution in [-0.2, 0) is 23.1 Å². The van der Waals surface area contributed by atoms with E-state index >= 15 is 0 Å². The summed E-state index contributed by atoms with van der Waals surface area (Å²) in [4.78, 5) is 16.9. The Bertz CT molecular complexity index is 1440. The van der Waals surface area contributed by atoms with Crippen LogP contribution in [0.5, 0.6) is 5.75 Å². The maximum atomic E-state index is 13.1. The number of amides is 1. The van der Waals surface area contributed by atoms with E-state index in [0.29, 0.717) is 23.5 Å². The van der Waals surface area contributed by atoms with Crippen molar-refractivity contribution in [2.45, 2.75) is 24.9 Å². The maximum absolute atomic E-state index is 13.1. The number of anilines is 1. The highest BCUT2D eigenvalue weighted by Gasteiger charge is 2.21. The number of carbonyl (C=O) groups excluding carboxylic acids is 1. The van der Waals surface area contributed by atoms with Crippen molar-refractivity contribution in [2.24, 2.45) is 0 Å². The molecule has 0 bridgehead atoms. The Morgan fingerprint density at radius 3 is 2.51 bits per heavy atom. The van der Waals surface area contributed by atoms with Gasteiger partial charge in [-0.05, 0) is 47.9 Å². The van der Waals surface area contributed by atoms with Gasteiger partial charge in [-0.2, -0.15) is 5.10 Å². The van der Waals surface area contributed by atoms with Crippen molar-refractivity contribution in [1.82, 2.24) is 20.1 Å². The lowest BCUT2D eigenvalue weighted by atomic mass is 10.1. The van der Waals surface area contributed by atoms with Gasteiger partial charge >= 0.3 is 0 Å². The molecular weight excluding hydrogens is 466 g/mol. The molecule has 0 spiro atoms. The van der Waals surface area contributed by atoms with Gasteiger partial charge in [-0.3, -0.25) is 9.52 Å². The van der Waals surface area contributed by atoms with E-state index in [1.54, 1.807) is 54.3 Å². The number of sulfonamides is 1. The highest BCUT2D eigenvalue weighted by Crippen LogP contribution is 2.27. The van der Waals surface area contributed by atoms with Gasteiger partial charge in [-0.25, -0.2) is 18.1 Å². The predicted octanol–water partition coefficient (Wildman–Crippen LogP) is 3.37. The minimum atomic E-state index is -3.96. The van der Waals surface area contributed by atoms with Gasteiger partial charge in [0.25, 0.3) is 15.9 Å². The molecule has 35 heavy (non-hydrogen) atoms. The molecule has 4 aromatic rings. The predicted molar refractivity (Wildman–Crippen MR) is 132 cm³/mol. The minimum absolute atomic E-state index is 0.0163. The SMILES string of the molecule is COc1ccccc1NS(=O)(=O)c1cc(C(=O)NCc2ccccc2Cn2cncn2)ccc1C. The number of para-hydroxylation sites is 2. The highest BCUT2D eigenvalue weighted by atomic mass is 32.2. The third-order valence-electron chi connectivity index (χ3n) is 5.45. The molecule has 0 aliphatic carbocycles.